The van der Waals surface area contributed by atoms with Crippen LogP contribution in [0.25, 0.3) is 0 Å². The number of nitrogens with zero attached hydrogens (tertiary/aromatic N) is 2. The molecule has 0 saturated carbocycles. The molecule has 0 aliphatic carbocycles. The van der Waals surface area contributed by atoms with Crippen LogP contribution in [-0.4, -0.2) is 46.4 Å². The first-order valence-electron chi connectivity index (χ1n) is 6.69. The van der Waals surface area contributed by atoms with Gasteiger partial charge in [-0.3, -0.25) is 4.57 Å². The van der Waals surface area contributed by atoms with E-state index in [-0.39, 0.29) is 30.5 Å². The van der Waals surface area contributed by atoms with E-state index >= 15 is 0 Å². The van der Waals surface area contributed by atoms with Crippen molar-refractivity contribution in [2.24, 2.45) is 0 Å². The first kappa shape index (κ1) is 20.3. The van der Waals surface area contributed by atoms with Gasteiger partial charge in [-0.2, -0.15) is 4.98 Å². The molecule has 2 heterocycles. The Balaban J connectivity index is 0.00000200. The second kappa shape index (κ2) is 8.70. The summed E-state index contributed by atoms with van der Waals surface area (Å²) in [5.74, 6) is 0. The highest BCUT2D eigenvalue weighted by Crippen LogP contribution is 2.12. The van der Waals surface area contributed by atoms with Crippen molar-refractivity contribution < 1.29 is 5.11 Å². The van der Waals surface area contributed by atoms with Crippen LogP contribution in [0.5, 0.6) is 0 Å². The van der Waals surface area contributed by atoms with Gasteiger partial charge in [-0.05, 0) is 32.9 Å². The normalized spacial score (nSPS) is 20.7. The largest absolute Gasteiger partial charge is 0.387 e. The maximum absolute atomic E-state index is 11.7. The Labute approximate surface area is 137 Å². The Bertz CT molecular complexity index is 501. The Kier molecular flexibility index (Phi) is 8.43. The number of rotatable bonds is 5. The molecular formula is C13H24Cl2N4O2. The van der Waals surface area contributed by atoms with Crippen molar-refractivity contribution in [3.8, 4) is 0 Å². The average molecular weight is 339 g/mol. The molecule has 1 saturated heterocycles. The van der Waals surface area contributed by atoms with Crippen molar-refractivity contribution >= 4 is 24.8 Å². The average Bonchev–Trinajstić information content (AvgIpc) is 2.74. The maximum Gasteiger partial charge on any atom is 0.347 e. The van der Waals surface area contributed by atoms with E-state index in [1.165, 1.54) is 0 Å². The van der Waals surface area contributed by atoms with Gasteiger partial charge in [-0.25, -0.2) is 4.79 Å². The van der Waals surface area contributed by atoms with Gasteiger partial charge in [0.15, 0.2) is 0 Å². The molecule has 0 spiro atoms. The van der Waals surface area contributed by atoms with Crippen LogP contribution in [0.3, 0.4) is 0 Å². The third kappa shape index (κ3) is 5.56. The standard InChI is InChI=1S/C13H22N4O2.2ClH/c1-10-7-11(2)17(12(18)16-10)6-5-15-9-13(19)3-4-14-8-13;;/h7,14-15,19H,3-6,8-9H2,1-2H3;2*1H. The molecule has 1 aliphatic rings. The predicted molar refractivity (Wildman–Crippen MR) is 87.8 cm³/mol. The molecule has 6 nitrogen and oxygen atoms in total. The Morgan fingerprint density at radius 1 is 1.48 bits per heavy atom. The van der Waals surface area contributed by atoms with Gasteiger partial charge in [0.05, 0.1) is 5.60 Å². The van der Waals surface area contributed by atoms with Gasteiger partial charge in [0.25, 0.3) is 0 Å². The topological polar surface area (TPSA) is 79.2 Å². The van der Waals surface area contributed by atoms with Crippen molar-refractivity contribution in [2.45, 2.75) is 32.4 Å². The molecule has 0 amide bonds. The molecule has 1 atom stereocenters. The van der Waals surface area contributed by atoms with Gasteiger partial charge < -0.3 is 15.7 Å². The smallest absolute Gasteiger partial charge is 0.347 e. The van der Waals surface area contributed by atoms with Crippen molar-refractivity contribution in [1.29, 1.82) is 0 Å². The molecule has 2 rings (SSSR count). The molecule has 122 valence electrons. The summed E-state index contributed by atoms with van der Waals surface area (Å²) in [6.45, 7) is 6.98. The zero-order valence-electron chi connectivity index (χ0n) is 12.4. The van der Waals surface area contributed by atoms with Gasteiger partial charge >= 0.3 is 5.69 Å². The van der Waals surface area contributed by atoms with Crippen LogP contribution in [0.4, 0.5) is 0 Å². The minimum atomic E-state index is -0.647. The Hall–Kier alpha value is -0.660. The Morgan fingerprint density at radius 2 is 2.19 bits per heavy atom. The molecular weight excluding hydrogens is 315 g/mol. The highest BCUT2D eigenvalue weighted by molar-refractivity contribution is 5.85. The van der Waals surface area contributed by atoms with Crippen LogP contribution < -0.4 is 16.3 Å². The summed E-state index contributed by atoms with van der Waals surface area (Å²) < 4.78 is 1.65. The molecule has 1 aliphatic heterocycles. The van der Waals surface area contributed by atoms with E-state index in [4.69, 9.17) is 0 Å². The fraction of sp³-hybridized carbons (Fsp3) is 0.692. The predicted octanol–water partition coefficient (Wildman–Crippen LogP) is 0.0177. The van der Waals surface area contributed by atoms with Crippen LogP contribution >= 0.6 is 24.8 Å². The van der Waals surface area contributed by atoms with Crippen molar-refractivity contribution in [1.82, 2.24) is 20.2 Å². The third-order valence-corrected chi connectivity index (χ3v) is 3.53. The van der Waals surface area contributed by atoms with Crippen molar-refractivity contribution in [3.05, 3.63) is 27.9 Å². The number of nitrogens with one attached hydrogen (secondary N) is 2. The van der Waals surface area contributed by atoms with Gasteiger partial charge in [0, 0.05) is 37.6 Å². The minimum absolute atomic E-state index is 0. The summed E-state index contributed by atoms with van der Waals surface area (Å²) in [6.07, 6.45) is 0.769. The number of aliphatic hydroxyl groups is 1. The summed E-state index contributed by atoms with van der Waals surface area (Å²) in [6, 6.07) is 1.90. The summed E-state index contributed by atoms with van der Waals surface area (Å²) in [4.78, 5) is 15.7. The fourth-order valence-electron chi connectivity index (χ4n) is 2.44. The molecule has 0 bridgehead atoms. The van der Waals surface area contributed by atoms with Crippen LogP contribution in [0.15, 0.2) is 10.9 Å². The number of hydrogen-bond donors (Lipinski definition) is 3. The van der Waals surface area contributed by atoms with Gasteiger partial charge in [-0.1, -0.05) is 0 Å². The lowest BCUT2D eigenvalue weighted by Gasteiger charge is -2.21. The Morgan fingerprint density at radius 3 is 2.76 bits per heavy atom. The number of hydrogen-bond acceptors (Lipinski definition) is 5. The number of aromatic nitrogens is 2. The molecule has 8 heteroatoms. The first-order valence-corrected chi connectivity index (χ1v) is 6.69. The van der Waals surface area contributed by atoms with E-state index < -0.39 is 5.60 Å². The lowest BCUT2D eigenvalue weighted by Crippen LogP contribution is -2.43. The molecule has 21 heavy (non-hydrogen) atoms. The van der Waals surface area contributed by atoms with E-state index in [2.05, 4.69) is 15.6 Å². The van der Waals surface area contributed by atoms with E-state index in [1.54, 1.807) is 4.57 Å². The lowest BCUT2D eigenvalue weighted by molar-refractivity contribution is 0.0611. The van der Waals surface area contributed by atoms with Gasteiger partial charge in [0.2, 0.25) is 0 Å². The number of aryl methyl sites for hydroxylation is 2. The molecule has 1 unspecified atom stereocenters. The quantitative estimate of drug-likeness (QED) is 0.659. The number of halogens is 2. The van der Waals surface area contributed by atoms with Crippen LogP contribution in [0.1, 0.15) is 17.8 Å². The first-order chi connectivity index (χ1) is 9.00. The minimum Gasteiger partial charge on any atom is -0.387 e. The van der Waals surface area contributed by atoms with E-state index in [1.807, 2.05) is 19.9 Å². The lowest BCUT2D eigenvalue weighted by atomic mass is 10.0. The molecule has 0 aromatic carbocycles. The molecule has 1 fully saturated rings. The van der Waals surface area contributed by atoms with Crippen LogP contribution in [-0.2, 0) is 6.54 Å². The van der Waals surface area contributed by atoms with E-state index in [0.717, 1.165) is 24.4 Å². The second-order valence-corrected chi connectivity index (χ2v) is 5.30. The SMILES string of the molecule is Cc1cc(C)n(CCNCC2(O)CCNC2)c(=O)n1.Cl.Cl. The molecule has 1 aromatic rings. The summed E-state index contributed by atoms with van der Waals surface area (Å²) in [5, 5.41) is 16.5. The van der Waals surface area contributed by atoms with E-state index in [0.29, 0.717) is 26.2 Å². The second-order valence-electron chi connectivity index (χ2n) is 5.30. The van der Waals surface area contributed by atoms with E-state index in [9.17, 15) is 9.90 Å². The van der Waals surface area contributed by atoms with Gasteiger partial charge in [-0.15, -0.1) is 24.8 Å². The van der Waals surface area contributed by atoms with Crippen LogP contribution in [0, 0.1) is 13.8 Å². The zero-order valence-corrected chi connectivity index (χ0v) is 14.0. The summed E-state index contributed by atoms with van der Waals surface area (Å²) in [7, 11) is 0. The summed E-state index contributed by atoms with van der Waals surface area (Å²) >= 11 is 0. The molecule has 0 radical (unpaired) electrons. The van der Waals surface area contributed by atoms with Crippen LogP contribution in [0.2, 0.25) is 0 Å². The zero-order chi connectivity index (χ0) is 13.9. The molecule has 1 aromatic heterocycles. The van der Waals surface area contributed by atoms with Gasteiger partial charge in [0.1, 0.15) is 0 Å². The highest BCUT2D eigenvalue weighted by atomic mass is 35.5. The summed E-state index contributed by atoms with van der Waals surface area (Å²) in [5.41, 5.74) is 0.810. The maximum atomic E-state index is 11.7. The third-order valence-electron chi connectivity index (χ3n) is 3.53. The number of β-amino-alcohol motifs (C(OH)–C–C–N with tert-alkyl or cyclic N) is 1. The molecule has 3 N–H and O–H groups in total. The fourth-order valence-corrected chi connectivity index (χ4v) is 2.44. The van der Waals surface area contributed by atoms with Crippen molar-refractivity contribution in [2.75, 3.05) is 26.2 Å². The van der Waals surface area contributed by atoms with Crippen molar-refractivity contribution in [3.63, 3.8) is 0 Å². The highest BCUT2D eigenvalue weighted by Gasteiger charge is 2.30. The monoisotopic (exact) mass is 338 g/mol.